The van der Waals surface area contributed by atoms with Gasteiger partial charge in [-0.3, -0.25) is 9.69 Å². The number of carbonyl (C=O) groups excluding carboxylic acids is 1. The van der Waals surface area contributed by atoms with Crippen molar-refractivity contribution in [2.75, 3.05) is 32.8 Å². The van der Waals surface area contributed by atoms with Gasteiger partial charge in [0.15, 0.2) is 0 Å². The van der Waals surface area contributed by atoms with Crippen LogP contribution in [0.25, 0.3) is 0 Å². The number of ether oxygens (including phenoxy) is 1. The van der Waals surface area contributed by atoms with E-state index in [-0.39, 0.29) is 11.9 Å². The second kappa shape index (κ2) is 5.03. The molecule has 2 aliphatic rings. The Morgan fingerprint density at radius 3 is 2.71 bits per heavy atom. The highest BCUT2D eigenvalue weighted by Gasteiger charge is 2.50. The molecule has 1 unspecified atom stereocenters. The van der Waals surface area contributed by atoms with Gasteiger partial charge >= 0.3 is 0 Å². The lowest BCUT2D eigenvalue weighted by Gasteiger charge is -2.29. The van der Waals surface area contributed by atoms with Crippen LogP contribution in [0.3, 0.4) is 0 Å². The Morgan fingerprint density at radius 1 is 1.53 bits per heavy atom. The minimum Gasteiger partial charge on any atom is -0.379 e. The fraction of sp³-hybridized carbons (Fsp3) is 0.833. The van der Waals surface area contributed by atoms with Gasteiger partial charge in [-0.05, 0) is 19.8 Å². The van der Waals surface area contributed by atoms with E-state index >= 15 is 0 Å². The second-order valence-corrected chi connectivity index (χ2v) is 4.98. The maximum atomic E-state index is 11.8. The summed E-state index contributed by atoms with van der Waals surface area (Å²) in [5.74, 6) is -0.0965. The highest BCUT2D eigenvalue weighted by Crippen LogP contribution is 2.45. The van der Waals surface area contributed by atoms with Crippen molar-refractivity contribution < 1.29 is 9.53 Å². The smallest absolute Gasteiger partial charge is 0.240 e. The van der Waals surface area contributed by atoms with E-state index < -0.39 is 5.41 Å². The second-order valence-electron chi connectivity index (χ2n) is 4.98. The lowest BCUT2D eigenvalue weighted by Crippen LogP contribution is -2.47. The summed E-state index contributed by atoms with van der Waals surface area (Å²) in [6, 6.07) is 2.20. The molecule has 1 aliphatic heterocycles. The van der Waals surface area contributed by atoms with Crippen LogP contribution in [-0.4, -0.2) is 49.7 Å². The van der Waals surface area contributed by atoms with Gasteiger partial charge in [-0.2, -0.15) is 5.26 Å². The standard InChI is InChI=1S/C12H19N3O2/c1-10(8-15-4-6-17-7-5-15)14-11(16)12(9-13)2-3-12/h10H,2-8H2,1H3,(H,14,16). The Hall–Kier alpha value is -1.12. The molecular formula is C12H19N3O2. The van der Waals surface area contributed by atoms with Crippen molar-refractivity contribution in [1.29, 1.82) is 5.26 Å². The summed E-state index contributed by atoms with van der Waals surface area (Å²) in [6.45, 7) is 6.19. The van der Waals surface area contributed by atoms with Crippen molar-refractivity contribution in [3.63, 3.8) is 0 Å². The van der Waals surface area contributed by atoms with E-state index in [4.69, 9.17) is 10.00 Å². The van der Waals surface area contributed by atoms with Gasteiger partial charge in [-0.1, -0.05) is 0 Å². The number of nitriles is 1. The molecule has 0 spiro atoms. The first kappa shape index (κ1) is 12.3. The minimum atomic E-state index is -0.709. The van der Waals surface area contributed by atoms with E-state index in [9.17, 15) is 4.79 Å². The molecular weight excluding hydrogens is 218 g/mol. The van der Waals surface area contributed by atoms with E-state index in [2.05, 4.69) is 16.3 Å². The third kappa shape index (κ3) is 2.96. The summed E-state index contributed by atoms with van der Waals surface area (Å²) in [6.07, 6.45) is 1.42. The van der Waals surface area contributed by atoms with Crippen molar-refractivity contribution in [2.45, 2.75) is 25.8 Å². The summed E-state index contributed by atoms with van der Waals surface area (Å²) in [5, 5.41) is 11.9. The third-order valence-electron chi connectivity index (χ3n) is 3.41. The summed E-state index contributed by atoms with van der Waals surface area (Å²) in [4.78, 5) is 14.1. The van der Waals surface area contributed by atoms with Gasteiger partial charge in [0, 0.05) is 25.7 Å². The molecule has 2 rings (SSSR count). The Morgan fingerprint density at radius 2 is 2.18 bits per heavy atom. The van der Waals surface area contributed by atoms with E-state index in [1.807, 2.05) is 6.92 Å². The molecule has 1 amide bonds. The molecule has 94 valence electrons. The van der Waals surface area contributed by atoms with Crippen molar-refractivity contribution in [2.24, 2.45) is 5.41 Å². The SMILES string of the molecule is CC(CN1CCOCC1)NC(=O)C1(C#N)CC1. The number of rotatable bonds is 4. The van der Waals surface area contributed by atoms with Gasteiger partial charge in [0.1, 0.15) is 5.41 Å². The molecule has 1 N–H and O–H groups in total. The number of amides is 1. The van der Waals surface area contributed by atoms with Crippen molar-refractivity contribution in [1.82, 2.24) is 10.2 Å². The summed E-state index contributed by atoms with van der Waals surface area (Å²) < 4.78 is 5.27. The van der Waals surface area contributed by atoms with Crippen LogP contribution in [0.15, 0.2) is 0 Å². The number of nitrogens with one attached hydrogen (secondary N) is 1. The highest BCUT2D eigenvalue weighted by molar-refractivity contribution is 5.88. The topological polar surface area (TPSA) is 65.4 Å². The largest absolute Gasteiger partial charge is 0.379 e. The van der Waals surface area contributed by atoms with Crippen LogP contribution in [0.4, 0.5) is 0 Å². The number of hydrogen-bond donors (Lipinski definition) is 1. The molecule has 2 fully saturated rings. The normalized spacial score (nSPS) is 24.7. The predicted molar refractivity (Wildman–Crippen MR) is 62.1 cm³/mol. The van der Waals surface area contributed by atoms with Crippen LogP contribution < -0.4 is 5.32 Å². The first-order valence-electron chi connectivity index (χ1n) is 6.19. The fourth-order valence-electron chi connectivity index (χ4n) is 2.09. The summed E-state index contributed by atoms with van der Waals surface area (Å²) in [5.41, 5.74) is -0.709. The first-order valence-corrected chi connectivity index (χ1v) is 6.19. The van der Waals surface area contributed by atoms with E-state index in [0.29, 0.717) is 12.8 Å². The third-order valence-corrected chi connectivity index (χ3v) is 3.41. The van der Waals surface area contributed by atoms with E-state index in [1.54, 1.807) is 0 Å². The molecule has 1 atom stereocenters. The number of hydrogen-bond acceptors (Lipinski definition) is 4. The van der Waals surface area contributed by atoms with Gasteiger partial charge < -0.3 is 10.1 Å². The van der Waals surface area contributed by atoms with E-state index in [0.717, 1.165) is 32.8 Å². The zero-order chi connectivity index (χ0) is 12.3. The lowest BCUT2D eigenvalue weighted by molar-refractivity contribution is -0.125. The summed E-state index contributed by atoms with van der Waals surface area (Å²) in [7, 11) is 0. The van der Waals surface area contributed by atoms with Gasteiger partial charge in [0.05, 0.1) is 19.3 Å². The molecule has 5 heteroatoms. The zero-order valence-electron chi connectivity index (χ0n) is 10.2. The molecule has 1 saturated heterocycles. The predicted octanol–water partition coefficient (Wildman–Crippen LogP) is 0.127. The van der Waals surface area contributed by atoms with Crippen LogP contribution in [0.2, 0.25) is 0 Å². The maximum absolute atomic E-state index is 11.8. The molecule has 17 heavy (non-hydrogen) atoms. The van der Waals surface area contributed by atoms with Crippen LogP contribution >= 0.6 is 0 Å². The Labute approximate surface area is 102 Å². The number of carbonyl (C=O) groups is 1. The quantitative estimate of drug-likeness (QED) is 0.754. The van der Waals surface area contributed by atoms with Crippen LogP contribution in [-0.2, 0) is 9.53 Å². The van der Waals surface area contributed by atoms with E-state index in [1.165, 1.54) is 0 Å². The molecule has 1 aliphatic carbocycles. The Kier molecular flexibility index (Phi) is 3.65. The Balaban J connectivity index is 1.75. The molecule has 0 bridgehead atoms. The zero-order valence-corrected chi connectivity index (χ0v) is 10.2. The monoisotopic (exact) mass is 237 g/mol. The fourth-order valence-corrected chi connectivity index (χ4v) is 2.09. The van der Waals surface area contributed by atoms with Gasteiger partial charge in [-0.25, -0.2) is 0 Å². The highest BCUT2D eigenvalue weighted by atomic mass is 16.5. The maximum Gasteiger partial charge on any atom is 0.240 e. The number of morpholine rings is 1. The Bertz CT molecular complexity index is 327. The van der Waals surface area contributed by atoms with Gasteiger partial charge in [-0.15, -0.1) is 0 Å². The minimum absolute atomic E-state index is 0.0893. The number of nitrogens with zero attached hydrogens (tertiary/aromatic N) is 2. The molecule has 0 radical (unpaired) electrons. The molecule has 1 saturated carbocycles. The van der Waals surface area contributed by atoms with Gasteiger partial charge in [0.2, 0.25) is 5.91 Å². The molecule has 5 nitrogen and oxygen atoms in total. The molecule has 0 aromatic heterocycles. The average Bonchev–Trinajstić information content (AvgIpc) is 3.11. The van der Waals surface area contributed by atoms with Crippen LogP contribution in [0.5, 0.6) is 0 Å². The van der Waals surface area contributed by atoms with Crippen molar-refractivity contribution in [3.8, 4) is 6.07 Å². The first-order chi connectivity index (χ1) is 8.16. The average molecular weight is 237 g/mol. The van der Waals surface area contributed by atoms with Crippen LogP contribution in [0, 0.1) is 16.7 Å². The van der Waals surface area contributed by atoms with Crippen LogP contribution in [0.1, 0.15) is 19.8 Å². The molecule has 1 heterocycles. The lowest BCUT2D eigenvalue weighted by atomic mass is 10.1. The summed E-state index contributed by atoms with van der Waals surface area (Å²) >= 11 is 0. The van der Waals surface area contributed by atoms with Crippen molar-refractivity contribution >= 4 is 5.91 Å². The molecule has 0 aromatic carbocycles. The molecule has 0 aromatic rings. The van der Waals surface area contributed by atoms with Crippen molar-refractivity contribution in [3.05, 3.63) is 0 Å². The van der Waals surface area contributed by atoms with Gasteiger partial charge in [0.25, 0.3) is 0 Å².